The lowest BCUT2D eigenvalue weighted by Crippen LogP contribution is -2.19. The monoisotopic (exact) mass is 434 g/mol. The number of aromatic amines is 1. The number of rotatable bonds is 6. The highest BCUT2D eigenvalue weighted by atomic mass is 35.5. The van der Waals surface area contributed by atoms with E-state index < -0.39 is 15.9 Å². The molecule has 0 aliphatic rings. The van der Waals surface area contributed by atoms with E-state index in [4.69, 9.17) is 16.3 Å². The molecule has 0 bridgehead atoms. The first kappa shape index (κ1) is 20.7. The van der Waals surface area contributed by atoms with E-state index in [0.29, 0.717) is 27.7 Å². The Kier molecular flexibility index (Phi) is 5.81. The van der Waals surface area contributed by atoms with E-state index in [1.807, 2.05) is 0 Å². The average Bonchev–Trinajstić information content (AvgIpc) is 3.03. The quantitative estimate of drug-likeness (QED) is 0.547. The number of para-hydroxylation sites is 2. The number of ether oxygens (including phenoxy) is 1. The van der Waals surface area contributed by atoms with Gasteiger partial charge in [-0.2, -0.15) is 5.10 Å². The number of carbonyl (C=O) groups excluding carboxylic acids is 1. The molecule has 152 valence electrons. The van der Waals surface area contributed by atoms with E-state index in [1.54, 1.807) is 44.2 Å². The fourth-order valence-corrected chi connectivity index (χ4v) is 4.29. The molecule has 3 N–H and O–H groups in total. The molecule has 8 nitrogen and oxygen atoms in total. The summed E-state index contributed by atoms with van der Waals surface area (Å²) in [6.07, 6.45) is 0. The summed E-state index contributed by atoms with van der Waals surface area (Å²) in [5, 5.41) is 9.61. The van der Waals surface area contributed by atoms with E-state index in [0.717, 1.165) is 0 Å². The number of aryl methyl sites for hydroxylation is 1. The lowest BCUT2D eigenvalue weighted by atomic mass is 10.2. The van der Waals surface area contributed by atoms with E-state index in [-0.39, 0.29) is 16.3 Å². The number of hydrogen-bond donors (Lipinski definition) is 3. The Hall–Kier alpha value is -3.04. The Morgan fingerprint density at radius 2 is 1.86 bits per heavy atom. The largest absolute Gasteiger partial charge is 0.495 e. The van der Waals surface area contributed by atoms with Crippen molar-refractivity contribution in [2.45, 2.75) is 18.7 Å². The zero-order valence-electron chi connectivity index (χ0n) is 15.9. The smallest absolute Gasteiger partial charge is 0.263 e. The number of hydrogen-bond acceptors (Lipinski definition) is 5. The second-order valence-electron chi connectivity index (χ2n) is 6.20. The Morgan fingerprint density at radius 3 is 2.59 bits per heavy atom. The van der Waals surface area contributed by atoms with Gasteiger partial charge in [-0.1, -0.05) is 29.8 Å². The Balaban J connectivity index is 1.93. The number of H-pyrrole nitrogens is 1. The number of aromatic nitrogens is 2. The highest BCUT2D eigenvalue weighted by Crippen LogP contribution is 2.28. The van der Waals surface area contributed by atoms with Gasteiger partial charge in [-0.15, -0.1) is 0 Å². The van der Waals surface area contributed by atoms with Crippen molar-refractivity contribution in [3.63, 3.8) is 0 Å². The van der Waals surface area contributed by atoms with Crippen molar-refractivity contribution < 1.29 is 17.9 Å². The summed E-state index contributed by atoms with van der Waals surface area (Å²) in [6.45, 7) is 3.22. The number of benzene rings is 2. The van der Waals surface area contributed by atoms with Gasteiger partial charge >= 0.3 is 0 Å². The molecule has 0 aliphatic heterocycles. The van der Waals surface area contributed by atoms with Crippen molar-refractivity contribution in [3.8, 4) is 5.75 Å². The van der Waals surface area contributed by atoms with Crippen LogP contribution in [0.3, 0.4) is 0 Å². The molecule has 2 aromatic carbocycles. The zero-order chi connectivity index (χ0) is 21.2. The van der Waals surface area contributed by atoms with Crippen molar-refractivity contribution in [3.05, 3.63) is 64.3 Å². The number of sulfonamides is 1. The van der Waals surface area contributed by atoms with Crippen molar-refractivity contribution >= 4 is 39.0 Å². The van der Waals surface area contributed by atoms with Gasteiger partial charge in [0.25, 0.3) is 15.9 Å². The molecule has 1 amide bonds. The summed E-state index contributed by atoms with van der Waals surface area (Å²) in [5.74, 6) is -0.186. The van der Waals surface area contributed by atoms with E-state index >= 15 is 0 Å². The molecule has 0 aliphatic carbocycles. The number of methoxy groups -OCH3 is 1. The first-order valence-electron chi connectivity index (χ1n) is 8.52. The van der Waals surface area contributed by atoms with Crippen molar-refractivity contribution in [1.29, 1.82) is 0 Å². The van der Waals surface area contributed by atoms with Gasteiger partial charge in [0.05, 0.1) is 17.7 Å². The maximum absolute atomic E-state index is 12.8. The van der Waals surface area contributed by atoms with Crippen molar-refractivity contribution in [2.75, 3.05) is 17.1 Å². The Bertz CT molecular complexity index is 1170. The van der Waals surface area contributed by atoms with Gasteiger partial charge in [-0.3, -0.25) is 14.6 Å². The standard InChI is InChI=1S/C19H19ClN4O4S/c1-11-13(20)7-6-10-16(11)29(26,27)24-18-17(12(2)22-23-18)19(25)21-14-8-4-5-9-15(14)28-3/h4-10H,1-3H3,(H,21,25)(H2,22,23,24). The number of carbonyl (C=O) groups is 1. The fraction of sp³-hybridized carbons (Fsp3) is 0.158. The van der Waals surface area contributed by atoms with E-state index in [9.17, 15) is 13.2 Å². The van der Waals surface area contributed by atoms with Crippen LogP contribution in [0.2, 0.25) is 5.02 Å². The lowest BCUT2D eigenvalue weighted by Gasteiger charge is -2.12. The second-order valence-corrected chi connectivity index (χ2v) is 8.25. The van der Waals surface area contributed by atoms with Crippen LogP contribution < -0.4 is 14.8 Å². The van der Waals surface area contributed by atoms with Crippen LogP contribution in [-0.2, 0) is 10.0 Å². The summed E-state index contributed by atoms with van der Waals surface area (Å²) in [6, 6.07) is 11.4. The number of anilines is 2. The summed E-state index contributed by atoms with van der Waals surface area (Å²) < 4.78 is 33.3. The predicted octanol–water partition coefficient (Wildman–Crippen LogP) is 3.74. The normalized spacial score (nSPS) is 11.2. The molecule has 3 aromatic rings. The van der Waals surface area contributed by atoms with Gasteiger partial charge in [-0.05, 0) is 43.7 Å². The highest BCUT2D eigenvalue weighted by molar-refractivity contribution is 7.92. The third-order valence-electron chi connectivity index (χ3n) is 4.27. The molecular weight excluding hydrogens is 416 g/mol. The Labute approximate surface area is 173 Å². The van der Waals surface area contributed by atoms with Crippen LogP contribution in [0.5, 0.6) is 5.75 Å². The molecule has 0 saturated heterocycles. The third kappa shape index (κ3) is 4.20. The van der Waals surface area contributed by atoms with Crippen LogP contribution >= 0.6 is 11.6 Å². The predicted molar refractivity (Wildman–Crippen MR) is 111 cm³/mol. The Morgan fingerprint density at radius 1 is 1.14 bits per heavy atom. The molecule has 0 atom stereocenters. The van der Waals surface area contributed by atoms with Crippen LogP contribution in [-0.4, -0.2) is 31.6 Å². The molecule has 29 heavy (non-hydrogen) atoms. The maximum atomic E-state index is 12.8. The van der Waals surface area contributed by atoms with Crippen LogP contribution in [0.25, 0.3) is 0 Å². The fourth-order valence-electron chi connectivity index (χ4n) is 2.77. The number of halogens is 1. The molecular formula is C19H19ClN4O4S. The van der Waals surface area contributed by atoms with E-state index in [2.05, 4.69) is 20.2 Å². The molecule has 10 heteroatoms. The van der Waals surface area contributed by atoms with Gasteiger partial charge in [-0.25, -0.2) is 8.42 Å². The molecule has 0 unspecified atom stereocenters. The minimum atomic E-state index is -4.02. The SMILES string of the molecule is COc1ccccc1NC(=O)c1c(NS(=O)(=O)c2cccc(Cl)c2C)n[nH]c1C. The number of nitrogens with zero attached hydrogens (tertiary/aromatic N) is 1. The van der Waals surface area contributed by atoms with Crippen LogP contribution in [0.1, 0.15) is 21.6 Å². The van der Waals surface area contributed by atoms with Crippen LogP contribution in [0.15, 0.2) is 47.4 Å². The van der Waals surface area contributed by atoms with Crippen molar-refractivity contribution in [1.82, 2.24) is 10.2 Å². The second kappa shape index (κ2) is 8.14. The first-order valence-corrected chi connectivity index (χ1v) is 10.4. The maximum Gasteiger partial charge on any atom is 0.263 e. The molecule has 1 heterocycles. The van der Waals surface area contributed by atoms with Gasteiger partial charge in [0.1, 0.15) is 11.3 Å². The van der Waals surface area contributed by atoms with Gasteiger partial charge in [0, 0.05) is 10.7 Å². The highest BCUT2D eigenvalue weighted by Gasteiger charge is 2.25. The van der Waals surface area contributed by atoms with Gasteiger partial charge in [0.2, 0.25) is 0 Å². The molecule has 3 rings (SSSR count). The number of amides is 1. The minimum Gasteiger partial charge on any atom is -0.495 e. The summed E-state index contributed by atoms with van der Waals surface area (Å²) >= 11 is 6.04. The van der Waals surface area contributed by atoms with Crippen molar-refractivity contribution in [2.24, 2.45) is 0 Å². The lowest BCUT2D eigenvalue weighted by molar-refractivity contribution is 0.102. The minimum absolute atomic E-state index is 0.00161. The van der Waals surface area contributed by atoms with Gasteiger partial charge < -0.3 is 10.1 Å². The number of nitrogens with one attached hydrogen (secondary N) is 3. The van der Waals surface area contributed by atoms with Crippen LogP contribution in [0, 0.1) is 13.8 Å². The molecule has 0 radical (unpaired) electrons. The first-order chi connectivity index (χ1) is 13.7. The zero-order valence-corrected chi connectivity index (χ0v) is 17.5. The summed E-state index contributed by atoms with van der Waals surface area (Å²) in [7, 11) is -2.53. The molecule has 0 spiro atoms. The van der Waals surface area contributed by atoms with Gasteiger partial charge in [0.15, 0.2) is 5.82 Å². The molecule has 0 saturated carbocycles. The third-order valence-corrected chi connectivity index (χ3v) is 6.16. The molecule has 1 aromatic heterocycles. The molecule has 0 fully saturated rings. The van der Waals surface area contributed by atoms with E-state index in [1.165, 1.54) is 19.2 Å². The van der Waals surface area contributed by atoms with Crippen LogP contribution in [0.4, 0.5) is 11.5 Å². The summed E-state index contributed by atoms with van der Waals surface area (Å²) in [4.78, 5) is 12.8. The summed E-state index contributed by atoms with van der Waals surface area (Å²) in [5.41, 5.74) is 1.31. The average molecular weight is 435 g/mol. The topological polar surface area (TPSA) is 113 Å².